The summed E-state index contributed by atoms with van der Waals surface area (Å²) >= 11 is 0. The molecule has 1 N–H and O–H groups in total. The Morgan fingerprint density at radius 1 is 1.28 bits per heavy atom. The van der Waals surface area contributed by atoms with Crippen molar-refractivity contribution in [1.82, 2.24) is 9.80 Å². The topological polar surface area (TPSA) is 87.1 Å². The number of rotatable bonds is 9. The summed E-state index contributed by atoms with van der Waals surface area (Å²) in [6.45, 7) is 8.59. The number of likely N-dealkylation sites (N-methyl/N-ethyl adjacent to an activating group) is 1. The van der Waals surface area contributed by atoms with Gasteiger partial charge >= 0.3 is 0 Å². The maximum atomic E-state index is 12.9. The van der Waals surface area contributed by atoms with Gasteiger partial charge in [0.15, 0.2) is 11.5 Å². The van der Waals surface area contributed by atoms with Crippen LogP contribution in [-0.4, -0.2) is 52.8 Å². The number of aryl methyl sites for hydroxylation is 1. The summed E-state index contributed by atoms with van der Waals surface area (Å²) in [5.41, 5.74) is 0.0201. The van der Waals surface area contributed by atoms with Gasteiger partial charge in [-0.2, -0.15) is 0 Å². The fourth-order valence-electron chi connectivity index (χ4n) is 3.45. The molecule has 3 heterocycles. The minimum atomic E-state index is -0.763. The average Bonchev–Trinajstić information content (AvgIpc) is 3.43. The first kappa shape index (κ1) is 20.7. The van der Waals surface area contributed by atoms with Crippen LogP contribution < -0.4 is 0 Å². The van der Waals surface area contributed by atoms with E-state index in [0.717, 1.165) is 13.1 Å². The summed E-state index contributed by atoms with van der Waals surface area (Å²) in [6.07, 6.45) is 4.31. The van der Waals surface area contributed by atoms with E-state index < -0.39 is 23.5 Å². The molecule has 7 nitrogen and oxygen atoms in total. The van der Waals surface area contributed by atoms with E-state index >= 15 is 0 Å². The second kappa shape index (κ2) is 8.96. The van der Waals surface area contributed by atoms with Crippen LogP contribution >= 0.6 is 0 Å². The molecule has 2 aromatic rings. The third kappa shape index (κ3) is 4.35. The fourth-order valence-corrected chi connectivity index (χ4v) is 3.45. The molecule has 154 valence electrons. The van der Waals surface area contributed by atoms with Crippen LogP contribution in [0.5, 0.6) is 0 Å². The molecule has 1 amide bonds. The largest absolute Gasteiger partial charge is 0.503 e. The second-order valence-electron chi connectivity index (χ2n) is 6.85. The Kier molecular flexibility index (Phi) is 6.39. The maximum Gasteiger partial charge on any atom is 0.290 e. The number of carbonyl (C=O) groups is 2. The van der Waals surface area contributed by atoms with Crippen LogP contribution in [0.4, 0.5) is 0 Å². The third-order valence-electron chi connectivity index (χ3n) is 5.09. The summed E-state index contributed by atoms with van der Waals surface area (Å²) in [5, 5.41) is 10.5. The summed E-state index contributed by atoms with van der Waals surface area (Å²) < 4.78 is 10.9. The number of ketones is 1. The average molecular weight is 398 g/mol. The SMILES string of the molecule is CCN(CC)CCN1C(=O)C(O)=C(C(=O)/C=C/c2ccco2)C1c1ccc(C)o1. The van der Waals surface area contributed by atoms with Crippen LogP contribution in [0.2, 0.25) is 0 Å². The highest BCUT2D eigenvalue weighted by atomic mass is 16.3. The number of aliphatic hydroxyl groups is 1. The van der Waals surface area contributed by atoms with Crippen LogP contribution in [0, 0.1) is 6.92 Å². The van der Waals surface area contributed by atoms with Crippen molar-refractivity contribution in [2.24, 2.45) is 0 Å². The maximum absolute atomic E-state index is 12.9. The molecule has 1 aliphatic rings. The Morgan fingerprint density at radius 3 is 2.62 bits per heavy atom. The molecule has 7 heteroatoms. The Morgan fingerprint density at radius 2 is 2.03 bits per heavy atom. The Hall–Kier alpha value is -3.06. The lowest BCUT2D eigenvalue weighted by molar-refractivity contribution is -0.129. The number of nitrogens with zero attached hydrogens (tertiary/aromatic N) is 2. The van der Waals surface area contributed by atoms with Gasteiger partial charge in [0.2, 0.25) is 0 Å². The molecule has 0 aromatic carbocycles. The molecule has 1 aliphatic heterocycles. The van der Waals surface area contributed by atoms with Crippen LogP contribution in [0.15, 0.2) is 56.8 Å². The van der Waals surface area contributed by atoms with Gasteiger partial charge in [0, 0.05) is 13.1 Å². The first-order chi connectivity index (χ1) is 14.0. The highest BCUT2D eigenvalue weighted by Gasteiger charge is 2.44. The normalized spacial score (nSPS) is 17.3. The van der Waals surface area contributed by atoms with Crippen molar-refractivity contribution in [3.63, 3.8) is 0 Å². The predicted molar refractivity (Wildman–Crippen MR) is 108 cm³/mol. The molecule has 0 spiro atoms. The molecule has 1 atom stereocenters. The van der Waals surface area contributed by atoms with Crippen molar-refractivity contribution < 1.29 is 23.5 Å². The van der Waals surface area contributed by atoms with Crippen molar-refractivity contribution in [1.29, 1.82) is 0 Å². The van der Waals surface area contributed by atoms with Crippen molar-refractivity contribution in [2.75, 3.05) is 26.2 Å². The molecular formula is C22H26N2O5. The lowest BCUT2D eigenvalue weighted by atomic mass is 10.0. The number of allylic oxidation sites excluding steroid dienone is 1. The molecular weight excluding hydrogens is 372 g/mol. The van der Waals surface area contributed by atoms with E-state index in [2.05, 4.69) is 4.90 Å². The van der Waals surface area contributed by atoms with Gasteiger partial charge in [0.1, 0.15) is 23.3 Å². The highest BCUT2D eigenvalue weighted by Crippen LogP contribution is 2.38. The third-order valence-corrected chi connectivity index (χ3v) is 5.09. The van der Waals surface area contributed by atoms with E-state index in [0.29, 0.717) is 30.4 Å². The molecule has 0 aliphatic carbocycles. The Bertz CT molecular complexity index is 919. The highest BCUT2D eigenvalue weighted by molar-refractivity contribution is 6.14. The van der Waals surface area contributed by atoms with Gasteiger partial charge in [-0.05, 0) is 56.4 Å². The number of hydrogen-bond donors (Lipinski definition) is 1. The first-order valence-corrected chi connectivity index (χ1v) is 9.74. The summed E-state index contributed by atoms with van der Waals surface area (Å²) in [4.78, 5) is 29.4. The Balaban J connectivity index is 1.91. The summed E-state index contributed by atoms with van der Waals surface area (Å²) in [5.74, 6) is 0.0708. The minimum absolute atomic E-state index is 0.0201. The summed E-state index contributed by atoms with van der Waals surface area (Å²) in [6, 6.07) is 6.17. The van der Waals surface area contributed by atoms with Gasteiger partial charge in [0.05, 0.1) is 11.8 Å². The summed E-state index contributed by atoms with van der Waals surface area (Å²) in [7, 11) is 0. The second-order valence-corrected chi connectivity index (χ2v) is 6.85. The number of hydrogen-bond acceptors (Lipinski definition) is 6. The van der Waals surface area contributed by atoms with Crippen molar-refractivity contribution in [2.45, 2.75) is 26.8 Å². The lowest BCUT2D eigenvalue weighted by Crippen LogP contribution is -2.38. The van der Waals surface area contributed by atoms with Gasteiger partial charge in [-0.15, -0.1) is 0 Å². The molecule has 29 heavy (non-hydrogen) atoms. The molecule has 0 saturated heterocycles. The zero-order valence-corrected chi connectivity index (χ0v) is 16.9. The van der Waals surface area contributed by atoms with E-state index in [1.165, 1.54) is 23.3 Å². The lowest BCUT2D eigenvalue weighted by Gasteiger charge is -2.27. The number of aliphatic hydroxyl groups excluding tert-OH is 1. The van der Waals surface area contributed by atoms with E-state index in [-0.39, 0.29) is 5.57 Å². The predicted octanol–water partition coefficient (Wildman–Crippen LogP) is 3.50. The molecule has 1 unspecified atom stereocenters. The first-order valence-electron chi connectivity index (χ1n) is 9.74. The molecule has 0 radical (unpaired) electrons. The van der Waals surface area contributed by atoms with Crippen molar-refractivity contribution in [3.05, 3.63) is 65.2 Å². The molecule has 0 saturated carbocycles. The smallest absolute Gasteiger partial charge is 0.290 e. The molecule has 0 bridgehead atoms. The standard InChI is InChI=1S/C22H26N2O5/c1-4-23(5-2)12-13-24-20(18-11-8-15(3)29-18)19(21(26)22(24)27)17(25)10-9-16-7-6-14-28-16/h6-11,14,20,26H,4-5,12-13H2,1-3H3/b10-9+. The van der Waals surface area contributed by atoms with Gasteiger partial charge < -0.3 is 23.7 Å². The molecule has 3 rings (SSSR count). The fraction of sp³-hybridized carbons (Fsp3) is 0.364. The van der Waals surface area contributed by atoms with E-state index in [1.807, 2.05) is 13.8 Å². The van der Waals surface area contributed by atoms with Gasteiger partial charge in [0.25, 0.3) is 5.91 Å². The molecule has 0 fully saturated rings. The van der Waals surface area contributed by atoms with Crippen LogP contribution in [0.25, 0.3) is 6.08 Å². The van der Waals surface area contributed by atoms with Gasteiger partial charge in [-0.1, -0.05) is 13.8 Å². The van der Waals surface area contributed by atoms with Gasteiger partial charge in [-0.3, -0.25) is 9.59 Å². The van der Waals surface area contributed by atoms with E-state index in [1.54, 1.807) is 31.2 Å². The number of amides is 1. The van der Waals surface area contributed by atoms with Crippen molar-refractivity contribution >= 4 is 17.8 Å². The molecule has 2 aromatic heterocycles. The van der Waals surface area contributed by atoms with Crippen LogP contribution in [0.3, 0.4) is 0 Å². The van der Waals surface area contributed by atoms with Crippen molar-refractivity contribution in [3.8, 4) is 0 Å². The zero-order valence-electron chi connectivity index (χ0n) is 16.9. The minimum Gasteiger partial charge on any atom is -0.503 e. The number of carbonyl (C=O) groups excluding carboxylic acids is 2. The monoisotopic (exact) mass is 398 g/mol. The van der Waals surface area contributed by atoms with E-state index in [9.17, 15) is 14.7 Å². The number of furan rings is 2. The zero-order chi connectivity index (χ0) is 21.0. The van der Waals surface area contributed by atoms with Crippen LogP contribution in [-0.2, 0) is 9.59 Å². The quantitative estimate of drug-likeness (QED) is 0.651. The van der Waals surface area contributed by atoms with Crippen LogP contribution in [0.1, 0.15) is 37.2 Å². The Labute approximate surface area is 169 Å². The van der Waals surface area contributed by atoms with E-state index in [4.69, 9.17) is 8.83 Å². The van der Waals surface area contributed by atoms with Gasteiger partial charge in [-0.25, -0.2) is 0 Å².